The van der Waals surface area contributed by atoms with Crippen molar-refractivity contribution < 1.29 is 9.53 Å². The number of rotatable bonds is 6. The highest BCUT2D eigenvalue weighted by atomic mass is 79.9. The molecule has 156 valence electrons. The molecule has 0 atom stereocenters. The van der Waals surface area contributed by atoms with Gasteiger partial charge in [-0.2, -0.15) is 5.26 Å². The Morgan fingerprint density at radius 3 is 2.52 bits per heavy atom. The zero-order valence-electron chi connectivity index (χ0n) is 16.5. The summed E-state index contributed by atoms with van der Waals surface area (Å²) in [5.74, 6) is 0.00390. The Hall–Kier alpha value is -2.59. The predicted molar refractivity (Wildman–Crippen MR) is 131 cm³/mol. The highest BCUT2D eigenvalue weighted by molar-refractivity contribution is 9.10. The first-order chi connectivity index (χ1) is 14.9. The van der Waals surface area contributed by atoms with E-state index in [1.54, 1.807) is 18.2 Å². The summed E-state index contributed by atoms with van der Waals surface area (Å²) < 4.78 is 7.48. The van der Waals surface area contributed by atoms with Crippen LogP contribution in [0.15, 0.2) is 75.2 Å². The van der Waals surface area contributed by atoms with E-state index in [9.17, 15) is 10.1 Å². The number of hydrogen-bond donors (Lipinski definition) is 1. The van der Waals surface area contributed by atoms with Crippen LogP contribution in [-0.4, -0.2) is 5.91 Å². The lowest BCUT2D eigenvalue weighted by Crippen LogP contribution is -2.14. The van der Waals surface area contributed by atoms with E-state index < -0.39 is 5.91 Å². The number of halogens is 3. The monoisotopic (exact) mass is 558 g/mol. The van der Waals surface area contributed by atoms with Gasteiger partial charge in [0.05, 0.1) is 9.50 Å². The van der Waals surface area contributed by atoms with Crippen LogP contribution in [0.5, 0.6) is 5.75 Å². The van der Waals surface area contributed by atoms with Gasteiger partial charge in [-0.1, -0.05) is 57.9 Å². The molecule has 0 aliphatic carbocycles. The van der Waals surface area contributed by atoms with Crippen molar-refractivity contribution in [3.8, 4) is 11.8 Å². The molecule has 0 radical (unpaired) electrons. The van der Waals surface area contributed by atoms with Crippen molar-refractivity contribution in [1.29, 1.82) is 5.26 Å². The summed E-state index contributed by atoms with van der Waals surface area (Å²) in [5.41, 5.74) is 3.13. The second-order valence-corrected chi connectivity index (χ2v) is 8.84. The number of amides is 1. The summed E-state index contributed by atoms with van der Waals surface area (Å²) in [7, 11) is 0. The highest BCUT2D eigenvalue weighted by Gasteiger charge is 2.13. The second-order valence-electron chi connectivity index (χ2n) is 6.67. The van der Waals surface area contributed by atoms with Gasteiger partial charge in [0.1, 0.15) is 18.2 Å². The van der Waals surface area contributed by atoms with Gasteiger partial charge in [-0.3, -0.25) is 4.79 Å². The average Bonchev–Trinajstić information content (AvgIpc) is 2.74. The van der Waals surface area contributed by atoms with E-state index in [4.69, 9.17) is 16.3 Å². The van der Waals surface area contributed by atoms with Gasteiger partial charge in [0.25, 0.3) is 5.91 Å². The minimum absolute atomic E-state index is 0.0326. The van der Waals surface area contributed by atoms with Gasteiger partial charge in [0.15, 0.2) is 5.75 Å². The number of carbonyl (C=O) groups excluding carboxylic acids is 1. The van der Waals surface area contributed by atoms with E-state index in [1.165, 1.54) is 6.08 Å². The molecule has 1 N–H and O–H groups in total. The normalized spacial score (nSPS) is 11.0. The number of carbonyl (C=O) groups is 1. The van der Waals surface area contributed by atoms with Crippen LogP contribution in [0.25, 0.3) is 6.08 Å². The zero-order valence-corrected chi connectivity index (χ0v) is 20.4. The third-order valence-electron chi connectivity index (χ3n) is 4.39. The van der Waals surface area contributed by atoms with Crippen molar-refractivity contribution in [2.24, 2.45) is 0 Å². The molecule has 0 heterocycles. The lowest BCUT2D eigenvalue weighted by molar-refractivity contribution is -0.112. The van der Waals surface area contributed by atoms with E-state index >= 15 is 0 Å². The summed E-state index contributed by atoms with van der Waals surface area (Å²) in [4.78, 5) is 12.5. The van der Waals surface area contributed by atoms with E-state index in [0.29, 0.717) is 33.1 Å². The van der Waals surface area contributed by atoms with Gasteiger partial charge in [-0.25, -0.2) is 0 Å². The van der Waals surface area contributed by atoms with Crippen LogP contribution >= 0.6 is 43.5 Å². The lowest BCUT2D eigenvalue weighted by atomic mass is 10.1. The minimum atomic E-state index is -0.486. The third-order valence-corrected chi connectivity index (χ3v) is 5.78. The molecule has 3 rings (SSSR count). The van der Waals surface area contributed by atoms with Gasteiger partial charge >= 0.3 is 0 Å². The van der Waals surface area contributed by atoms with E-state index in [2.05, 4.69) is 37.2 Å². The van der Waals surface area contributed by atoms with Crippen molar-refractivity contribution in [2.45, 2.75) is 13.5 Å². The molecule has 0 bridgehead atoms. The molecule has 3 aromatic carbocycles. The van der Waals surface area contributed by atoms with Crippen molar-refractivity contribution in [2.75, 3.05) is 5.32 Å². The Morgan fingerprint density at radius 1 is 1.16 bits per heavy atom. The molecule has 0 aliphatic rings. The number of para-hydroxylation sites is 1. The SMILES string of the molecule is Cc1ccccc1NC(=O)/C(C#N)=C\c1cc(Cl)c(OCc2ccc(Br)cc2)c(Br)c1. The fourth-order valence-corrected chi connectivity index (χ4v) is 4.01. The standard InChI is InChI=1S/C24H17Br2ClN2O2/c1-15-4-2-3-5-22(15)29-24(30)18(13-28)10-17-11-20(26)23(21(27)12-17)31-14-16-6-8-19(25)9-7-16/h2-12H,14H2,1H3,(H,29,30)/b18-10-. The molecule has 7 heteroatoms. The molecule has 0 saturated heterocycles. The Balaban J connectivity index is 1.78. The summed E-state index contributed by atoms with van der Waals surface area (Å²) in [6.45, 7) is 2.23. The number of aryl methyl sites for hydroxylation is 1. The van der Waals surface area contributed by atoms with E-state index in [1.807, 2.05) is 55.5 Å². The summed E-state index contributed by atoms with van der Waals surface area (Å²) in [6.07, 6.45) is 1.49. The Bertz CT molecular complexity index is 1160. The summed E-state index contributed by atoms with van der Waals surface area (Å²) >= 11 is 13.3. The number of anilines is 1. The van der Waals surface area contributed by atoms with Gasteiger partial charge < -0.3 is 10.1 Å². The Kier molecular flexibility index (Phi) is 7.91. The number of ether oxygens (including phenoxy) is 1. The molecule has 4 nitrogen and oxygen atoms in total. The number of benzene rings is 3. The van der Waals surface area contributed by atoms with Gasteiger partial charge in [-0.15, -0.1) is 0 Å². The number of nitrogens with one attached hydrogen (secondary N) is 1. The van der Waals surface area contributed by atoms with Crippen LogP contribution in [0.1, 0.15) is 16.7 Å². The quantitative estimate of drug-likeness (QED) is 0.254. The first kappa shape index (κ1) is 23.1. The molecular weight excluding hydrogens is 544 g/mol. The average molecular weight is 561 g/mol. The Morgan fingerprint density at radius 2 is 1.87 bits per heavy atom. The van der Waals surface area contributed by atoms with Crippen molar-refractivity contribution in [3.05, 3.63) is 96.9 Å². The molecule has 0 fully saturated rings. The third kappa shape index (κ3) is 6.20. The fourth-order valence-electron chi connectivity index (χ4n) is 2.75. The van der Waals surface area contributed by atoms with Crippen LogP contribution in [0, 0.1) is 18.3 Å². The van der Waals surface area contributed by atoms with E-state index in [-0.39, 0.29) is 5.57 Å². The molecule has 31 heavy (non-hydrogen) atoms. The lowest BCUT2D eigenvalue weighted by Gasteiger charge is -2.12. The maximum Gasteiger partial charge on any atom is 0.266 e. The smallest absolute Gasteiger partial charge is 0.266 e. The van der Waals surface area contributed by atoms with Crippen molar-refractivity contribution >= 4 is 61.1 Å². The van der Waals surface area contributed by atoms with Crippen molar-refractivity contribution in [1.82, 2.24) is 0 Å². The molecule has 0 saturated carbocycles. The molecule has 0 unspecified atom stereocenters. The maximum absolute atomic E-state index is 12.5. The van der Waals surface area contributed by atoms with Gasteiger partial charge in [-0.05, 0) is 76.0 Å². The van der Waals surface area contributed by atoms with Crippen LogP contribution in [-0.2, 0) is 11.4 Å². The Labute approximate surface area is 202 Å². The molecule has 0 aliphatic heterocycles. The molecular formula is C24H17Br2ClN2O2. The minimum Gasteiger partial charge on any atom is -0.486 e. The summed E-state index contributed by atoms with van der Waals surface area (Å²) in [6, 6.07) is 20.5. The number of nitrogens with zero attached hydrogens (tertiary/aromatic N) is 1. The van der Waals surface area contributed by atoms with Crippen LogP contribution < -0.4 is 10.1 Å². The first-order valence-corrected chi connectivity index (χ1v) is 11.2. The highest BCUT2D eigenvalue weighted by Crippen LogP contribution is 2.35. The van der Waals surface area contributed by atoms with Crippen LogP contribution in [0.4, 0.5) is 5.69 Å². The second kappa shape index (κ2) is 10.6. The first-order valence-electron chi connectivity index (χ1n) is 9.22. The van der Waals surface area contributed by atoms with Gasteiger partial charge in [0.2, 0.25) is 0 Å². The molecule has 0 aromatic heterocycles. The largest absolute Gasteiger partial charge is 0.486 e. The molecule has 3 aromatic rings. The maximum atomic E-state index is 12.5. The van der Waals surface area contributed by atoms with Crippen LogP contribution in [0.3, 0.4) is 0 Å². The predicted octanol–water partition coefficient (Wildman–Crippen LogP) is 7.30. The van der Waals surface area contributed by atoms with Crippen molar-refractivity contribution in [3.63, 3.8) is 0 Å². The fraction of sp³-hybridized carbons (Fsp3) is 0.0833. The number of hydrogen-bond acceptors (Lipinski definition) is 3. The van der Waals surface area contributed by atoms with Crippen LogP contribution in [0.2, 0.25) is 5.02 Å². The summed E-state index contributed by atoms with van der Waals surface area (Å²) in [5, 5.41) is 12.6. The zero-order chi connectivity index (χ0) is 22.4. The number of nitriles is 1. The molecule has 1 amide bonds. The topological polar surface area (TPSA) is 62.1 Å². The molecule has 0 spiro atoms. The van der Waals surface area contributed by atoms with E-state index in [0.717, 1.165) is 15.6 Å². The van der Waals surface area contributed by atoms with Gasteiger partial charge in [0, 0.05) is 10.2 Å².